The minimum atomic E-state index is -0.785. The summed E-state index contributed by atoms with van der Waals surface area (Å²) in [6.07, 6.45) is 4.19. The average molecular weight is 592 g/mol. The SMILES string of the molecule is Cc1c(-c2cccc(CCCCCCC(=O)O)c2)c(=O)n(C[C@H](N)c2ccccc2)c(=O)n1Cc1c(F)cccc1Cl. The number of rotatable bonds is 13. The van der Waals surface area contributed by atoms with Crippen molar-refractivity contribution in [3.63, 3.8) is 0 Å². The normalized spacial score (nSPS) is 11.9. The third-order valence-corrected chi connectivity index (χ3v) is 7.85. The van der Waals surface area contributed by atoms with Gasteiger partial charge in [-0.15, -0.1) is 0 Å². The highest BCUT2D eigenvalue weighted by molar-refractivity contribution is 6.31. The smallest absolute Gasteiger partial charge is 0.331 e. The molecule has 0 saturated carbocycles. The first-order chi connectivity index (χ1) is 20.2. The molecule has 1 heterocycles. The van der Waals surface area contributed by atoms with E-state index in [1.807, 2.05) is 54.6 Å². The molecule has 1 atom stereocenters. The highest BCUT2D eigenvalue weighted by atomic mass is 35.5. The molecule has 42 heavy (non-hydrogen) atoms. The van der Waals surface area contributed by atoms with E-state index >= 15 is 0 Å². The number of carboxylic acid groups (broad SMARTS) is 1. The molecule has 9 heteroatoms. The number of carboxylic acids is 1. The maximum Gasteiger partial charge on any atom is 0.331 e. The van der Waals surface area contributed by atoms with Crippen molar-refractivity contribution >= 4 is 17.6 Å². The summed E-state index contributed by atoms with van der Waals surface area (Å²) in [5.41, 5.74) is 8.74. The van der Waals surface area contributed by atoms with Gasteiger partial charge in [-0.05, 0) is 55.0 Å². The predicted octanol–water partition coefficient (Wildman–Crippen LogP) is 6.10. The zero-order chi connectivity index (χ0) is 30.2. The van der Waals surface area contributed by atoms with Gasteiger partial charge in [-0.2, -0.15) is 0 Å². The van der Waals surface area contributed by atoms with Crippen LogP contribution in [0.25, 0.3) is 11.1 Å². The van der Waals surface area contributed by atoms with Crippen molar-refractivity contribution in [2.45, 2.75) is 64.6 Å². The molecule has 3 aromatic carbocycles. The van der Waals surface area contributed by atoms with Gasteiger partial charge in [-0.3, -0.25) is 18.7 Å². The average Bonchev–Trinajstić information content (AvgIpc) is 2.97. The van der Waals surface area contributed by atoms with E-state index < -0.39 is 29.1 Å². The first kappa shape index (κ1) is 30.9. The Hall–Kier alpha value is -4.01. The summed E-state index contributed by atoms with van der Waals surface area (Å²) in [6.45, 7) is 1.47. The van der Waals surface area contributed by atoms with Crippen molar-refractivity contribution in [2.75, 3.05) is 0 Å². The van der Waals surface area contributed by atoms with Crippen LogP contribution in [0.5, 0.6) is 0 Å². The topological polar surface area (TPSA) is 107 Å². The van der Waals surface area contributed by atoms with Crippen LogP contribution in [0.3, 0.4) is 0 Å². The molecule has 1 aromatic heterocycles. The second-order valence-corrected chi connectivity index (χ2v) is 10.9. The van der Waals surface area contributed by atoms with Crippen molar-refractivity contribution in [1.82, 2.24) is 9.13 Å². The molecule has 0 bridgehead atoms. The third kappa shape index (κ3) is 7.43. The van der Waals surface area contributed by atoms with Gasteiger partial charge in [0.15, 0.2) is 0 Å². The molecular formula is C33H35ClFN3O4. The van der Waals surface area contributed by atoms with E-state index in [0.29, 0.717) is 23.2 Å². The summed E-state index contributed by atoms with van der Waals surface area (Å²) in [6, 6.07) is 20.6. The summed E-state index contributed by atoms with van der Waals surface area (Å²) in [7, 11) is 0. The van der Waals surface area contributed by atoms with Gasteiger partial charge >= 0.3 is 11.7 Å². The fraction of sp³-hybridized carbons (Fsp3) is 0.303. The standard InChI is InChI=1S/C33H35ClFN3O4/c1-22-31(25-15-9-12-23(19-25)11-5-2-3-8-18-30(39)40)32(41)38(21-29(36)24-13-6-4-7-14-24)33(42)37(22)20-26-27(34)16-10-17-28(26)35/h4,6-7,9-10,12-17,19,29H,2-3,5,8,11,18,20-21,36H2,1H3,(H,39,40)/t29-/m0/s1. The van der Waals surface area contributed by atoms with E-state index in [2.05, 4.69) is 0 Å². The van der Waals surface area contributed by atoms with Crippen LogP contribution in [-0.2, 0) is 24.3 Å². The van der Waals surface area contributed by atoms with Crippen molar-refractivity contribution < 1.29 is 14.3 Å². The summed E-state index contributed by atoms with van der Waals surface area (Å²) in [4.78, 5) is 38.5. The second kappa shape index (κ2) is 14.2. The summed E-state index contributed by atoms with van der Waals surface area (Å²) >= 11 is 6.32. The predicted molar refractivity (Wildman–Crippen MR) is 163 cm³/mol. The Kier molecular flexibility index (Phi) is 10.5. The molecule has 0 spiro atoms. The van der Waals surface area contributed by atoms with E-state index in [-0.39, 0.29) is 30.1 Å². The van der Waals surface area contributed by atoms with Crippen molar-refractivity contribution in [1.29, 1.82) is 0 Å². The first-order valence-corrected chi connectivity index (χ1v) is 14.4. The number of aryl methyl sites for hydroxylation is 1. The van der Waals surface area contributed by atoms with Gasteiger partial charge in [-0.1, -0.05) is 85.1 Å². The number of carbonyl (C=O) groups is 1. The molecule has 4 aromatic rings. The van der Waals surface area contributed by atoms with E-state index in [9.17, 15) is 18.8 Å². The van der Waals surface area contributed by atoms with E-state index in [1.165, 1.54) is 16.7 Å². The van der Waals surface area contributed by atoms with Crippen LogP contribution < -0.4 is 17.0 Å². The molecule has 0 saturated heterocycles. The Balaban J connectivity index is 1.74. The number of aliphatic carboxylic acids is 1. The third-order valence-electron chi connectivity index (χ3n) is 7.49. The number of benzene rings is 3. The zero-order valence-corrected chi connectivity index (χ0v) is 24.3. The molecule has 220 valence electrons. The number of unbranched alkanes of at least 4 members (excludes halogenated alkanes) is 3. The number of nitrogens with two attached hydrogens (primary N) is 1. The van der Waals surface area contributed by atoms with E-state index in [0.717, 1.165) is 41.4 Å². The van der Waals surface area contributed by atoms with E-state index in [1.54, 1.807) is 13.0 Å². The second-order valence-electron chi connectivity index (χ2n) is 10.5. The van der Waals surface area contributed by atoms with Gasteiger partial charge in [0.25, 0.3) is 5.56 Å². The van der Waals surface area contributed by atoms with Gasteiger partial charge < -0.3 is 10.8 Å². The summed E-state index contributed by atoms with van der Waals surface area (Å²) in [5, 5.41) is 9.01. The Bertz CT molecular complexity index is 1650. The number of hydrogen-bond acceptors (Lipinski definition) is 4. The Morgan fingerprint density at radius 2 is 1.67 bits per heavy atom. The lowest BCUT2D eigenvalue weighted by molar-refractivity contribution is -0.137. The quantitative estimate of drug-likeness (QED) is 0.183. The molecule has 0 unspecified atom stereocenters. The minimum absolute atomic E-state index is 0.0595. The van der Waals surface area contributed by atoms with Crippen LogP contribution in [0.4, 0.5) is 4.39 Å². The Morgan fingerprint density at radius 1 is 0.952 bits per heavy atom. The number of halogens is 2. The van der Waals surface area contributed by atoms with Crippen molar-refractivity contribution in [3.05, 3.63) is 127 Å². The van der Waals surface area contributed by atoms with Crippen LogP contribution >= 0.6 is 11.6 Å². The van der Waals surface area contributed by atoms with Gasteiger partial charge in [0, 0.05) is 28.7 Å². The lowest BCUT2D eigenvalue weighted by atomic mass is 9.99. The zero-order valence-electron chi connectivity index (χ0n) is 23.6. The van der Waals surface area contributed by atoms with Crippen LogP contribution in [0, 0.1) is 12.7 Å². The first-order valence-electron chi connectivity index (χ1n) is 14.1. The molecule has 3 N–H and O–H groups in total. The van der Waals surface area contributed by atoms with Gasteiger partial charge in [0.2, 0.25) is 0 Å². The van der Waals surface area contributed by atoms with Gasteiger partial charge in [0.05, 0.1) is 18.7 Å². The van der Waals surface area contributed by atoms with Gasteiger partial charge in [0.1, 0.15) is 5.82 Å². The Labute approximate surface area is 249 Å². The van der Waals surface area contributed by atoms with Crippen molar-refractivity contribution in [2.24, 2.45) is 5.73 Å². The van der Waals surface area contributed by atoms with E-state index in [4.69, 9.17) is 22.4 Å². The monoisotopic (exact) mass is 591 g/mol. The number of aromatic nitrogens is 2. The molecule has 7 nitrogen and oxygen atoms in total. The maximum atomic E-state index is 14.8. The molecule has 0 aliphatic heterocycles. The molecule has 0 fully saturated rings. The van der Waals surface area contributed by atoms with Crippen LogP contribution in [-0.4, -0.2) is 20.2 Å². The maximum absolute atomic E-state index is 14.8. The molecular weight excluding hydrogens is 557 g/mol. The summed E-state index contributed by atoms with van der Waals surface area (Å²) in [5.74, 6) is -1.33. The van der Waals surface area contributed by atoms with Crippen LogP contribution in [0.2, 0.25) is 5.02 Å². The molecule has 0 radical (unpaired) electrons. The fourth-order valence-corrected chi connectivity index (χ4v) is 5.39. The highest BCUT2D eigenvalue weighted by Gasteiger charge is 2.21. The van der Waals surface area contributed by atoms with Gasteiger partial charge in [-0.25, -0.2) is 9.18 Å². The molecule has 4 rings (SSSR count). The Morgan fingerprint density at radius 3 is 2.38 bits per heavy atom. The lowest BCUT2D eigenvalue weighted by Crippen LogP contribution is -2.44. The van der Waals surface area contributed by atoms with Crippen LogP contribution in [0.1, 0.15) is 60.5 Å². The number of nitrogens with zero attached hydrogens (tertiary/aromatic N) is 2. The fourth-order valence-electron chi connectivity index (χ4n) is 5.17. The highest BCUT2D eigenvalue weighted by Crippen LogP contribution is 2.25. The lowest BCUT2D eigenvalue weighted by Gasteiger charge is -2.20. The van der Waals surface area contributed by atoms with Crippen LogP contribution in [0.15, 0.2) is 82.4 Å². The minimum Gasteiger partial charge on any atom is -0.481 e. The molecule has 0 aliphatic rings. The largest absolute Gasteiger partial charge is 0.481 e. The van der Waals surface area contributed by atoms with Crippen molar-refractivity contribution in [3.8, 4) is 11.1 Å². The number of hydrogen-bond donors (Lipinski definition) is 2. The molecule has 0 aliphatic carbocycles. The summed E-state index contributed by atoms with van der Waals surface area (Å²) < 4.78 is 17.3. The molecule has 0 amide bonds.